The number of hydrogen-bond acceptors (Lipinski definition) is 4. The molecule has 0 aliphatic carbocycles. The molecule has 0 bridgehead atoms. The zero-order chi connectivity index (χ0) is 19.6. The molecule has 0 aliphatic rings. The fourth-order valence-electron chi connectivity index (χ4n) is 2.77. The van der Waals surface area contributed by atoms with Crippen molar-refractivity contribution in [1.82, 2.24) is 9.13 Å². The van der Waals surface area contributed by atoms with Gasteiger partial charge in [-0.2, -0.15) is 5.26 Å². The van der Waals surface area contributed by atoms with Gasteiger partial charge >= 0.3 is 5.69 Å². The predicted molar refractivity (Wildman–Crippen MR) is 104 cm³/mol. The van der Waals surface area contributed by atoms with Gasteiger partial charge in [-0.15, -0.1) is 0 Å². The van der Waals surface area contributed by atoms with E-state index in [9.17, 15) is 14.1 Å². The van der Waals surface area contributed by atoms with Gasteiger partial charge in [0.05, 0.1) is 17.5 Å². The van der Waals surface area contributed by atoms with E-state index in [0.717, 1.165) is 10.1 Å². The molecule has 0 saturated heterocycles. The molecule has 2 aromatic carbocycles. The van der Waals surface area contributed by atoms with Crippen LogP contribution >= 0.6 is 0 Å². The molecular formula is C20H17N3O3S. The minimum atomic E-state index is -1.14. The van der Waals surface area contributed by atoms with Gasteiger partial charge in [-0.05, 0) is 47.9 Å². The number of nitrogens with zero attached hydrogens (tertiary/aromatic N) is 3. The van der Waals surface area contributed by atoms with Gasteiger partial charge in [0.15, 0.2) is 4.90 Å². The van der Waals surface area contributed by atoms with Crippen molar-refractivity contribution in [3.63, 3.8) is 0 Å². The van der Waals surface area contributed by atoms with Gasteiger partial charge in [0.25, 0.3) is 5.56 Å². The highest BCUT2D eigenvalue weighted by atomic mass is 32.2. The molecule has 0 N–H and O–H groups in total. The molecule has 3 rings (SSSR count). The van der Waals surface area contributed by atoms with Gasteiger partial charge < -0.3 is 4.55 Å². The van der Waals surface area contributed by atoms with Crippen molar-refractivity contribution in [2.45, 2.75) is 18.4 Å². The lowest BCUT2D eigenvalue weighted by Gasteiger charge is -2.15. The Morgan fingerprint density at radius 3 is 2.26 bits per heavy atom. The fraction of sp³-hybridized carbons (Fsp3) is 0.150. The maximum atomic E-state index is 13.0. The molecule has 3 aromatic rings. The second-order valence-electron chi connectivity index (χ2n) is 6.04. The summed E-state index contributed by atoms with van der Waals surface area (Å²) in [6.45, 7) is 1.62. The molecule has 1 heterocycles. The average Bonchev–Trinajstić information content (AvgIpc) is 2.65. The van der Waals surface area contributed by atoms with Crippen molar-refractivity contribution in [2.24, 2.45) is 0 Å². The number of rotatable bonds is 4. The normalized spacial score (nSPS) is 11.8. The van der Waals surface area contributed by atoms with E-state index in [2.05, 4.69) is 0 Å². The van der Waals surface area contributed by atoms with Gasteiger partial charge in [0.2, 0.25) is 0 Å². The van der Waals surface area contributed by atoms with Crippen LogP contribution in [-0.4, -0.2) is 19.9 Å². The lowest BCUT2D eigenvalue weighted by atomic mass is 10.1. The van der Waals surface area contributed by atoms with Crippen LogP contribution in [0.4, 0.5) is 0 Å². The standard InChI is InChI=1S/C20H17N3O3S/c1-14-3-5-15(6-4-14)18-13-19(24)22(12-11-21)20(25)23(18)16-7-9-17(10-8-16)27(2)26/h3-10,13H,12H2,1-2H3. The van der Waals surface area contributed by atoms with Gasteiger partial charge in [0.1, 0.15) is 12.8 Å². The van der Waals surface area contributed by atoms with E-state index < -0.39 is 22.4 Å². The molecule has 6 nitrogen and oxygen atoms in total. The van der Waals surface area contributed by atoms with E-state index >= 15 is 0 Å². The molecule has 7 heteroatoms. The smallest absolute Gasteiger partial charge is 0.337 e. The van der Waals surface area contributed by atoms with Gasteiger partial charge in [0, 0.05) is 6.07 Å². The SMILES string of the molecule is Cc1ccc(-c2cc(=O)n(CC#N)c(=O)n2-c2ccc([S+](C)[O-])cc2)cc1. The third kappa shape index (κ3) is 3.72. The molecule has 136 valence electrons. The molecule has 0 saturated carbocycles. The summed E-state index contributed by atoms with van der Waals surface area (Å²) in [7, 11) is 0. The monoisotopic (exact) mass is 379 g/mol. The van der Waals surface area contributed by atoms with Gasteiger partial charge in [-0.3, -0.25) is 9.36 Å². The van der Waals surface area contributed by atoms with E-state index in [1.54, 1.807) is 30.5 Å². The highest BCUT2D eigenvalue weighted by molar-refractivity contribution is 7.90. The zero-order valence-corrected chi connectivity index (χ0v) is 15.7. The Kier molecular flexibility index (Phi) is 5.31. The topological polar surface area (TPSA) is 90.8 Å². The second kappa shape index (κ2) is 7.66. The maximum absolute atomic E-state index is 13.0. The summed E-state index contributed by atoms with van der Waals surface area (Å²) in [5, 5.41) is 8.95. The summed E-state index contributed by atoms with van der Waals surface area (Å²) in [5.41, 5.74) is 1.60. The Hall–Kier alpha value is -3.08. The van der Waals surface area contributed by atoms with Crippen LogP contribution in [-0.2, 0) is 17.7 Å². The molecule has 1 unspecified atom stereocenters. The van der Waals surface area contributed by atoms with Crippen molar-refractivity contribution >= 4 is 11.2 Å². The van der Waals surface area contributed by atoms with E-state index in [1.165, 1.54) is 10.6 Å². The Morgan fingerprint density at radius 1 is 1.07 bits per heavy atom. The maximum Gasteiger partial charge on any atom is 0.337 e. The zero-order valence-electron chi connectivity index (χ0n) is 14.9. The lowest BCUT2D eigenvalue weighted by Crippen LogP contribution is -2.39. The van der Waals surface area contributed by atoms with Crippen molar-refractivity contribution < 1.29 is 4.55 Å². The minimum absolute atomic E-state index is 0.330. The summed E-state index contributed by atoms with van der Waals surface area (Å²) in [5.74, 6) is 0. The third-order valence-electron chi connectivity index (χ3n) is 4.19. The number of aryl methyl sites for hydroxylation is 1. The van der Waals surface area contributed by atoms with E-state index in [1.807, 2.05) is 37.3 Å². The molecule has 0 radical (unpaired) electrons. The second-order valence-corrected chi connectivity index (χ2v) is 7.42. The average molecular weight is 379 g/mol. The summed E-state index contributed by atoms with van der Waals surface area (Å²) >= 11 is -1.14. The van der Waals surface area contributed by atoms with Crippen molar-refractivity contribution in [2.75, 3.05) is 6.26 Å². The molecule has 0 amide bonds. The molecule has 1 atom stereocenters. The summed E-state index contributed by atoms with van der Waals surface area (Å²) in [6.07, 6.45) is 1.58. The van der Waals surface area contributed by atoms with Crippen LogP contribution in [0.3, 0.4) is 0 Å². The number of hydrogen-bond donors (Lipinski definition) is 0. The first-order chi connectivity index (χ1) is 12.9. The Morgan fingerprint density at radius 2 is 1.70 bits per heavy atom. The summed E-state index contributed by atoms with van der Waals surface area (Å²) in [6, 6.07) is 17.4. The molecule has 27 heavy (non-hydrogen) atoms. The molecule has 0 aliphatic heterocycles. The van der Waals surface area contributed by atoms with Crippen LogP contribution in [0.15, 0.2) is 69.1 Å². The Labute approximate surface area is 159 Å². The van der Waals surface area contributed by atoms with Crippen LogP contribution in [0.5, 0.6) is 0 Å². The first kappa shape index (κ1) is 18.7. The quantitative estimate of drug-likeness (QED) is 0.650. The van der Waals surface area contributed by atoms with E-state index in [-0.39, 0.29) is 6.54 Å². The van der Waals surface area contributed by atoms with E-state index in [0.29, 0.717) is 21.8 Å². The summed E-state index contributed by atoms with van der Waals surface area (Å²) in [4.78, 5) is 26.0. The van der Waals surface area contributed by atoms with Gasteiger partial charge in [-0.1, -0.05) is 29.8 Å². The first-order valence-electron chi connectivity index (χ1n) is 8.17. The highest BCUT2D eigenvalue weighted by Crippen LogP contribution is 2.21. The van der Waals surface area contributed by atoms with Crippen LogP contribution < -0.4 is 11.2 Å². The minimum Gasteiger partial charge on any atom is -0.612 e. The number of nitriles is 1. The Bertz CT molecular complexity index is 1120. The van der Waals surface area contributed by atoms with Crippen LogP contribution in [0.25, 0.3) is 16.9 Å². The first-order valence-corrected chi connectivity index (χ1v) is 9.73. The van der Waals surface area contributed by atoms with Crippen molar-refractivity contribution in [3.8, 4) is 23.0 Å². The molecule has 0 spiro atoms. The van der Waals surface area contributed by atoms with Gasteiger partial charge in [-0.25, -0.2) is 9.36 Å². The predicted octanol–water partition coefficient (Wildman–Crippen LogP) is 2.24. The van der Waals surface area contributed by atoms with Crippen molar-refractivity contribution in [3.05, 3.63) is 81.0 Å². The molecular weight excluding hydrogens is 362 g/mol. The lowest BCUT2D eigenvalue weighted by molar-refractivity contribution is 0.601. The largest absolute Gasteiger partial charge is 0.612 e. The van der Waals surface area contributed by atoms with Crippen molar-refractivity contribution in [1.29, 1.82) is 5.26 Å². The molecule has 1 aromatic heterocycles. The summed E-state index contributed by atoms with van der Waals surface area (Å²) < 4.78 is 13.9. The number of benzene rings is 2. The number of aromatic nitrogens is 2. The van der Waals surface area contributed by atoms with Crippen LogP contribution in [0.1, 0.15) is 5.56 Å². The van der Waals surface area contributed by atoms with Crippen LogP contribution in [0.2, 0.25) is 0 Å². The van der Waals surface area contributed by atoms with E-state index in [4.69, 9.17) is 5.26 Å². The Balaban J connectivity index is 2.30. The van der Waals surface area contributed by atoms with Crippen LogP contribution in [0, 0.1) is 18.3 Å². The highest BCUT2D eigenvalue weighted by Gasteiger charge is 2.15. The third-order valence-corrected chi connectivity index (χ3v) is 5.13. The fourth-order valence-corrected chi connectivity index (χ4v) is 3.29. The molecule has 0 fully saturated rings.